The van der Waals surface area contributed by atoms with E-state index >= 15 is 0 Å². The standard InChI is InChI=1S/C7H7N9/c8-3-5-9-4-15(11-5)7-2-1-6-10-13-14-16(6)12-7/h1-2,4H,3,8H2. The number of rotatable bonds is 2. The maximum Gasteiger partial charge on any atom is 0.200 e. The molecule has 80 valence electrons. The first-order valence-corrected chi connectivity index (χ1v) is 4.53. The molecule has 3 aromatic heterocycles. The van der Waals surface area contributed by atoms with Crippen LogP contribution in [0.15, 0.2) is 18.5 Å². The van der Waals surface area contributed by atoms with E-state index in [1.54, 1.807) is 18.5 Å². The number of hydrogen-bond acceptors (Lipinski definition) is 7. The largest absolute Gasteiger partial charge is 0.324 e. The van der Waals surface area contributed by atoms with Crippen molar-refractivity contribution >= 4 is 5.65 Å². The Labute approximate surface area is 88.9 Å². The van der Waals surface area contributed by atoms with Gasteiger partial charge in [-0.3, -0.25) is 0 Å². The zero-order valence-electron chi connectivity index (χ0n) is 8.09. The number of hydrogen-bond donors (Lipinski definition) is 1. The van der Waals surface area contributed by atoms with Gasteiger partial charge in [0.15, 0.2) is 17.3 Å². The van der Waals surface area contributed by atoms with Gasteiger partial charge in [-0.1, -0.05) is 0 Å². The average molecular weight is 217 g/mol. The molecule has 0 aliphatic rings. The zero-order valence-corrected chi connectivity index (χ0v) is 8.09. The lowest BCUT2D eigenvalue weighted by Crippen LogP contribution is -2.05. The van der Waals surface area contributed by atoms with Gasteiger partial charge in [-0.15, -0.1) is 19.9 Å². The van der Waals surface area contributed by atoms with E-state index in [0.29, 0.717) is 23.8 Å². The minimum atomic E-state index is 0.292. The summed E-state index contributed by atoms with van der Waals surface area (Å²) in [5.74, 6) is 1.13. The van der Waals surface area contributed by atoms with Gasteiger partial charge in [0.25, 0.3) is 0 Å². The maximum atomic E-state index is 5.42. The van der Waals surface area contributed by atoms with Crippen molar-refractivity contribution in [2.75, 3.05) is 0 Å². The Hall–Kier alpha value is -2.42. The van der Waals surface area contributed by atoms with Crippen LogP contribution < -0.4 is 5.73 Å². The first kappa shape index (κ1) is 8.85. The predicted molar refractivity (Wildman–Crippen MR) is 51.4 cm³/mol. The van der Waals surface area contributed by atoms with E-state index in [1.807, 2.05) is 0 Å². The van der Waals surface area contributed by atoms with Crippen LogP contribution in [-0.4, -0.2) is 40.0 Å². The Bertz CT molecular complexity index is 623. The van der Waals surface area contributed by atoms with Crippen molar-refractivity contribution in [2.24, 2.45) is 5.73 Å². The molecule has 0 amide bonds. The highest BCUT2D eigenvalue weighted by Gasteiger charge is 2.05. The van der Waals surface area contributed by atoms with Gasteiger partial charge in [0.1, 0.15) is 6.33 Å². The molecule has 0 aromatic carbocycles. The monoisotopic (exact) mass is 217 g/mol. The molecule has 0 bridgehead atoms. The fraction of sp³-hybridized carbons (Fsp3) is 0.143. The smallest absolute Gasteiger partial charge is 0.200 e. The van der Waals surface area contributed by atoms with Crippen LogP contribution in [0.5, 0.6) is 0 Å². The van der Waals surface area contributed by atoms with Crippen LogP contribution in [0.1, 0.15) is 5.82 Å². The Balaban J connectivity index is 2.10. The van der Waals surface area contributed by atoms with Crippen LogP contribution in [0.25, 0.3) is 11.5 Å². The summed E-state index contributed by atoms with van der Waals surface area (Å²) >= 11 is 0. The second-order valence-corrected chi connectivity index (χ2v) is 3.03. The quantitative estimate of drug-likeness (QED) is 0.559. The highest BCUT2D eigenvalue weighted by Crippen LogP contribution is 2.02. The normalized spacial score (nSPS) is 11.1. The van der Waals surface area contributed by atoms with E-state index in [4.69, 9.17) is 5.73 Å². The van der Waals surface area contributed by atoms with Crippen molar-refractivity contribution in [3.05, 3.63) is 24.3 Å². The van der Waals surface area contributed by atoms with Gasteiger partial charge in [0.2, 0.25) is 0 Å². The van der Waals surface area contributed by atoms with Gasteiger partial charge in [-0.25, -0.2) is 9.67 Å². The van der Waals surface area contributed by atoms with Crippen molar-refractivity contribution in [3.63, 3.8) is 0 Å². The van der Waals surface area contributed by atoms with E-state index in [2.05, 4.69) is 30.7 Å². The van der Waals surface area contributed by atoms with Gasteiger partial charge in [0, 0.05) is 0 Å². The summed E-state index contributed by atoms with van der Waals surface area (Å²) in [6, 6.07) is 3.49. The summed E-state index contributed by atoms with van der Waals surface area (Å²) in [5, 5.41) is 19.2. The Kier molecular flexibility index (Phi) is 1.83. The lowest BCUT2D eigenvalue weighted by molar-refractivity contribution is 0.698. The van der Waals surface area contributed by atoms with Crippen LogP contribution in [0.2, 0.25) is 0 Å². The molecule has 0 saturated heterocycles. The van der Waals surface area contributed by atoms with Gasteiger partial charge >= 0.3 is 0 Å². The minimum absolute atomic E-state index is 0.292. The van der Waals surface area contributed by atoms with Gasteiger partial charge in [-0.05, 0) is 22.6 Å². The van der Waals surface area contributed by atoms with Gasteiger partial charge < -0.3 is 5.73 Å². The molecule has 9 nitrogen and oxygen atoms in total. The molecule has 0 aliphatic carbocycles. The molecule has 16 heavy (non-hydrogen) atoms. The Morgan fingerprint density at radius 2 is 2.19 bits per heavy atom. The highest BCUT2D eigenvalue weighted by molar-refractivity contribution is 5.36. The van der Waals surface area contributed by atoms with Crippen LogP contribution in [0, 0.1) is 0 Å². The highest BCUT2D eigenvalue weighted by atomic mass is 15.6. The third-order valence-corrected chi connectivity index (χ3v) is 2.01. The summed E-state index contributed by atoms with van der Waals surface area (Å²) in [4.78, 5) is 4.00. The molecule has 0 saturated carbocycles. The van der Waals surface area contributed by atoms with E-state index in [9.17, 15) is 0 Å². The molecule has 2 N–H and O–H groups in total. The van der Waals surface area contributed by atoms with E-state index in [1.165, 1.54) is 9.31 Å². The zero-order chi connectivity index (χ0) is 11.0. The van der Waals surface area contributed by atoms with Gasteiger partial charge in [0.05, 0.1) is 6.54 Å². The fourth-order valence-corrected chi connectivity index (χ4v) is 1.26. The maximum absolute atomic E-state index is 5.42. The molecule has 0 atom stereocenters. The number of tetrazole rings is 1. The first-order chi connectivity index (χ1) is 7.86. The first-order valence-electron chi connectivity index (χ1n) is 4.53. The third kappa shape index (κ3) is 1.30. The fourth-order valence-electron chi connectivity index (χ4n) is 1.26. The van der Waals surface area contributed by atoms with Crippen LogP contribution in [0.4, 0.5) is 0 Å². The topological polar surface area (TPSA) is 113 Å². The summed E-state index contributed by atoms with van der Waals surface area (Å²) in [5.41, 5.74) is 5.99. The molecule has 0 aliphatic heterocycles. The molecule has 0 fully saturated rings. The summed E-state index contributed by atoms with van der Waals surface area (Å²) in [6.45, 7) is 0.292. The summed E-state index contributed by atoms with van der Waals surface area (Å²) in [6.07, 6.45) is 1.54. The molecule has 0 radical (unpaired) electrons. The second kappa shape index (κ2) is 3.31. The third-order valence-electron chi connectivity index (χ3n) is 2.01. The van der Waals surface area contributed by atoms with Crippen molar-refractivity contribution in [1.82, 2.24) is 40.0 Å². The molecule has 3 aromatic rings. The van der Waals surface area contributed by atoms with E-state index in [-0.39, 0.29) is 0 Å². The minimum Gasteiger partial charge on any atom is -0.324 e. The number of fused-ring (bicyclic) bond motifs is 1. The number of aromatic nitrogens is 8. The SMILES string of the molecule is NCc1ncn(-c2ccc3nnnn3n2)n1. The van der Waals surface area contributed by atoms with Crippen molar-refractivity contribution in [3.8, 4) is 5.82 Å². The molecular formula is C7H7N9. The summed E-state index contributed by atoms with van der Waals surface area (Å²) < 4.78 is 2.84. The van der Waals surface area contributed by atoms with Crippen molar-refractivity contribution in [2.45, 2.75) is 6.54 Å². The predicted octanol–water partition coefficient (Wildman–Crippen LogP) is -1.44. The molecule has 0 spiro atoms. The average Bonchev–Trinajstić information content (AvgIpc) is 2.96. The second-order valence-electron chi connectivity index (χ2n) is 3.03. The Morgan fingerprint density at radius 1 is 1.25 bits per heavy atom. The van der Waals surface area contributed by atoms with E-state index in [0.717, 1.165) is 0 Å². The van der Waals surface area contributed by atoms with Crippen LogP contribution in [-0.2, 0) is 6.54 Å². The lowest BCUT2D eigenvalue weighted by Gasteiger charge is -1.97. The summed E-state index contributed by atoms with van der Waals surface area (Å²) in [7, 11) is 0. The molecule has 3 rings (SSSR count). The number of nitrogens with zero attached hydrogens (tertiary/aromatic N) is 8. The van der Waals surface area contributed by atoms with Crippen LogP contribution >= 0.6 is 0 Å². The lowest BCUT2D eigenvalue weighted by atomic mass is 10.5. The van der Waals surface area contributed by atoms with Crippen LogP contribution in [0.3, 0.4) is 0 Å². The van der Waals surface area contributed by atoms with Crippen molar-refractivity contribution in [1.29, 1.82) is 0 Å². The molecule has 0 unspecified atom stereocenters. The molecule has 9 heteroatoms. The molecule has 3 heterocycles. The molecular weight excluding hydrogens is 210 g/mol. The van der Waals surface area contributed by atoms with Gasteiger partial charge in [-0.2, -0.15) is 0 Å². The van der Waals surface area contributed by atoms with E-state index < -0.39 is 0 Å². The van der Waals surface area contributed by atoms with Crippen molar-refractivity contribution < 1.29 is 0 Å². The Morgan fingerprint density at radius 3 is 3.00 bits per heavy atom. The number of nitrogens with two attached hydrogens (primary N) is 1.